The number of methoxy groups -OCH3 is 1. The van der Waals surface area contributed by atoms with Crippen molar-refractivity contribution in [2.75, 3.05) is 13.0 Å². The number of ether oxygens (including phenoxy) is 1. The predicted octanol–water partition coefficient (Wildman–Crippen LogP) is 1.33. The van der Waals surface area contributed by atoms with Crippen LogP contribution in [0.5, 0.6) is 5.75 Å². The quantitative estimate of drug-likeness (QED) is 0.594. The van der Waals surface area contributed by atoms with Gasteiger partial charge >= 0.3 is 0 Å². The third-order valence-electron chi connectivity index (χ3n) is 2.05. The first kappa shape index (κ1) is 9.72. The van der Waals surface area contributed by atoms with E-state index in [0.29, 0.717) is 10.6 Å². The van der Waals surface area contributed by atoms with E-state index in [9.17, 15) is 0 Å². The molecule has 1 aromatic heterocycles. The zero-order valence-electron chi connectivity index (χ0n) is 8.10. The van der Waals surface area contributed by atoms with E-state index in [1.165, 1.54) is 4.68 Å². The summed E-state index contributed by atoms with van der Waals surface area (Å²) in [6, 6.07) is 7.42. The number of benzene rings is 1. The number of aromatic amines is 1. The fourth-order valence-corrected chi connectivity index (χ4v) is 1.38. The van der Waals surface area contributed by atoms with Gasteiger partial charge in [-0.1, -0.05) is 0 Å². The summed E-state index contributed by atoms with van der Waals surface area (Å²) in [6.45, 7) is 0. The number of hydrogen-bond donors (Lipinski definition) is 2. The Morgan fingerprint density at radius 2 is 2.07 bits per heavy atom. The van der Waals surface area contributed by atoms with Crippen LogP contribution in [0.25, 0.3) is 11.4 Å². The van der Waals surface area contributed by atoms with Crippen LogP contribution in [0.2, 0.25) is 0 Å². The van der Waals surface area contributed by atoms with E-state index in [-0.39, 0.29) is 0 Å². The van der Waals surface area contributed by atoms with E-state index < -0.39 is 0 Å². The maximum Gasteiger partial charge on any atom is 0.214 e. The second-order valence-corrected chi connectivity index (χ2v) is 3.34. The van der Waals surface area contributed by atoms with Crippen molar-refractivity contribution >= 4 is 12.2 Å². The van der Waals surface area contributed by atoms with Gasteiger partial charge in [-0.2, -0.15) is 5.10 Å². The Morgan fingerprint density at radius 3 is 2.53 bits per heavy atom. The number of nitrogens with one attached hydrogen (secondary N) is 1. The van der Waals surface area contributed by atoms with Gasteiger partial charge in [-0.25, -0.2) is 9.77 Å². The second-order valence-electron chi connectivity index (χ2n) is 2.95. The topological polar surface area (TPSA) is 68.9 Å². The van der Waals surface area contributed by atoms with Crippen LogP contribution in [0.3, 0.4) is 0 Å². The van der Waals surface area contributed by atoms with Crippen molar-refractivity contribution in [3.8, 4) is 17.1 Å². The molecule has 0 aliphatic rings. The smallest absolute Gasteiger partial charge is 0.214 e. The Labute approximate surface area is 91.5 Å². The molecule has 2 rings (SSSR count). The number of rotatable bonds is 2. The zero-order valence-corrected chi connectivity index (χ0v) is 8.91. The summed E-state index contributed by atoms with van der Waals surface area (Å²) >= 11 is 4.92. The van der Waals surface area contributed by atoms with Crippen LogP contribution >= 0.6 is 12.2 Å². The number of nitrogens with zero attached hydrogens (tertiary/aromatic N) is 2. The highest BCUT2D eigenvalue weighted by atomic mass is 32.1. The maximum absolute atomic E-state index is 5.69. The first-order valence-corrected chi connectivity index (χ1v) is 4.70. The summed E-state index contributed by atoms with van der Waals surface area (Å²) in [5.74, 6) is 7.08. The highest BCUT2D eigenvalue weighted by Gasteiger charge is 2.05. The van der Waals surface area contributed by atoms with Crippen LogP contribution < -0.4 is 10.6 Å². The summed E-state index contributed by atoms with van der Waals surface area (Å²) < 4.78 is 6.77. The van der Waals surface area contributed by atoms with Crippen LogP contribution in [0.1, 0.15) is 0 Å². The molecular formula is C9H10N4OS. The summed E-state index contributed by atoms with van der Waals surface area (Å²) in [7, 11) is 1.62. The van der Waals surface area contributed by atoms with Crippen molar-refractivity contribution in [1.29, 1.82) is 0 Å². The molecule has 0 unspecified atom stereocenters. The van der Waals surface area contributed by atoms with Crippen LogP contribution in [0.15, 0.2) is 24.3 Å². The summed E-state index contributed by atoms with van der Waals surface area (Å²) in [5.41, 5.74) is 0.880. The fraction of sp³-hybridized carbons (Fsp3) is 0.111. The molecule has 1 heterocycles. The van der Waals surface area contributed by atoms with Gasteiger partial charge in [-0.3, -0.25) is 0 Å². The Balaban J connectivity index is 2.46. The van der Waals surface area contributed by atoms with Crippen LogP contribution in [-0.2, 0) is 0 Å². The number of hydrogen-bond acceptors (Lipinski definition) is 4. The predicted molar refractivity (Wildman–Crippen MR) is 59.6 cm³/mol. The van der Waals surface area contributed by atoms with E-state index in [1.54, 1.807) is 7.11 Å². The molecule has 0 amide bonds. The number of nitrogen functional groups attached to an aromatic ring is 1. The lowest BCUT2D eigenvalue weighted by atomic mass is 10.2. The van der Waals surface area contributed by atoms with Gasteiger partial charge in [-0.15, -0.1) is 0 Å². The van der Waals surface area contributed by atoms with Crippen molar-refractivity contribution in [3.63, 3.8) is 0 Å². The van der Waals surface area contributed by atoms with Crippen LogP contribution in [0, 0.1) is 4.77 Å². The third kappa shape index (κ3) is 1.71. The number of aromatic nitrogens is 3. The van der Waals surface area contributed by atoms with Crippen molar-refractivity contribution in [3.05, 3.63) is 29.0 Å². The summed E-state index contributed by atoms with van der Waals surface area (Å²) in [6.07, 6.45) is 0. The Bertz CT molecular complexity index is 514. The molecule has 6 heteroatoms. The molecule has 0 fully saturated rings. The van der Waals surface area contributed by atoms with Gasteiger partial charge in [0.1, 0.15) is 5.75 Å². The molecule has 2 aromatic rings. The molecule has 0 saturated carbocycles. The lowest BCUT2D eigenvalue weighted by molar-refractivity contribution is 0.415. The normalized spacial score (nSPS) is 10.2. The fourth-order valence-electron chi connectivity index (χ4n) is 1.25. The first-order valence-electron chi connectivity index (χ1n) is 4.29. The lowest BCUT2D eigenvalue weighted by Crippen LogP contribution is -2.09. The van der Waals surface area contributed by atoms with E-state index in [0.717, 1.165) is 11.3 Å². The van der Waals surface area contributed by atoms with Gasteiger partial charge in [0.15, 0.2) is 5.82 Å². The summed E-state index contributed by atoms with van der Waals surface area (Å²) in [5, 5.41) is 6.64. The molecule has 5 nitrogen and oxygen atoms in total. The van der Waals surface area contributed by atoms with E-state index in [1.807, 2.05) is 24.3 Å². The van der Waals surface area contributed by atoms with Gasteiger partial charge in [0.25, 0.3) is 0 Å². The number of H-pyrrole nitrogens is 1. The molecule has 15 heavy (non-hydrogen) atoms. The monoisotopic (exact) mass is 222 g/mol. The van der Waals surface area contributed by atoms with Crippen LogP contribution in [0.4, 0.5) is 0 Å². The van der Waals surface area contributed by atoms with Crippen molar-refractivity contribution in [2.24, 2.45) is 0 Å². The van der Waals surface area contributed by atoms with Gasteiger partial charge in [0.2, 0.25) is 4.77 Å². The van der Waals surface area contributed by atoms with E-state index >= 15 is 0 Å². The standard InChI is InChI=1S/C9H10N4OS/c1-14-7-4-2-6(3-5-7)8-11-12-9(15)13(8)10/h2-5H,10H2,1H3,(H,12,15). The van der Waals surface area contributed by atoms with Crippen molar-refractivity contribution in [2.45, 2.75) is 0 Å². The minimum Gasteiger partial charge on any atom is -0.497 e. The molecule has 0 radical (unpaired) electrons. The highest BCUT2D eigenvalue weighted by molar-refractivity contribution is 7.71. The second kappa shape index (κ2) is 3.74. The molecule has 1 aromatic carbocycles. The number of nitrogens with two attached hydrogens (primary N) is 1. The largest absolute Gasteiger partial charge is 0.497 e. The van der Waals surface area contributed by atoms with Gasteiger partial charge in [-0.05, 0) is 36.5 Å². The Kier molecular flexibility index (Phi) is 2.42. The third-order valence-corrected chi connectivity index (χ3v) is 2.34. The van der Waals surface area contributed by atoms with E-state index in [2.05, 4.69) is 10.2 Å². The molecule has 3 N–H and O–H groups in total. The molecule has 0 aliphatic heterocycles. The minimum atomic E-state index is 0.390. The summed E-state index contributed by atoms with van der Waals surface area (Å²) in [4.78, 5) is 0. The Morgan fingerprint density at radius 1 is 1.40 bits per heavy atom. The minimum absolute atomic E-state index is 0.390. The molecule has 0 aliphatic carbocycles. The lowest BCUT2D eigenvalue weighted by Gasteiger charge is -2.02. The van der Waals surface area contributed by atoms with Crippen molar-refractivity contribution < 1.29 is 4.74 Å². The molecule has 78 valence electrons. The molecular weight excluding hydrogens is 212 g/mol. The molecule has 0 saturated heterocycles. The van der Waals surface area contributed by atoms with Gasteiger partial charge in [0, 0.05) is 5.56 Å². The van der Waals surface area contributed by atoms with Crippen LogP contribution in [-0.4, -0.2) is 22.0 Å². The highest BCUT2D eigenvalue weighted by Crippen LogP contribution is 2.19. The van der Waals surface area contributed by atoms with E-state index in [4.69, 9.17) is 22.8 Å². The van der Waals surface area contributed by atoms with Gasteiger partial charge < -0.3 is 10.6 Å². The zero-order chi connectivity index (χ0) is 10.8. The Hall–Kier alpha value is -1.82. The SMILES string of the molecule is COc1ccc(-c2n[nH]c(=S)n2N)cc1. The molecule has 0 spiro atoms. The maximum atomic E-state index is 5.69. The molecule has 0 atom stereocenters. The molecule has 0 bridgehead atoms. The average Bonchev–Trinajstić information content (AvgIpc) is 2.60. The first-order chi connectivity index (χ1) is 7.22. The van der Waals surface area contributed by atoms with Gasteiger partial charge in [0.05, 0.1) is 7.11 Å². The average molecular weight is 222 g/mol. The van der Waals surface area contributed by atoms with Crippen molar-refractivity contribution in [1.82, 2.24) is 14.9 Å².